The van der Waals surface area contributed by atoms with E-state index in [0.29, 0.717) is 23.4 Å². The zero-order valence-electron chi connectivity index (χ0n) is 12.6. The van der Waals surface area contributed by atoms with Gasteiger partial charge < -0.3 is 0 Å². The molecule has 6 heteroatoms. The molecule has 0 aliphatic heterocycles. The van der Waals surface area contributed by atoms with Gasteiger partial charge in [0.1, 0.15) is 0 Å². The van der Waals surface area contributed by atoms with Gasteiger partial charge in [-0.15, -0.1) is 0 Å². The third kappa shape index (κ3) is 2.30. The topological polar surface area (TPSA) is 65.6 Å². The first kappa shape index (κ1) is 13.7. The van der Waals surface area contributed by atoms with E-state index in [0.717, 1.165) is 24.0 Å². The normalized spacial score (nSPS) is 11.8. The standard InChI is InChI=1S/C15H19N5O/c1-4-20-14-11(8-18-20)13-12(7-16-14)15(21)19(9-17-13)6-5-10(2)3/h7-10H,4-6H2,1-3H3. The first-order chi connectivity index (χ1) is 10.1. The minimum atomic E-state index is -0.0284. The van der Waals surface area contributed by atoms with Gasteiger partial charge in [-0.1, -0.05) is 13.8 Å². The molecule has 6 nitrogen and oxygen atoms in total. The highest BCUT2D eigenvalue weighted by atomic mass is 16.1. The summed E-state index contributed by atoms with van der Waals surface area (Å²) in [5.74, 6) is 0.552. The maximum atomic E-state index is 12.5. The molecule has 0 unspecified atom stereocenters. The Hall–Kier alpha value is -2.24. The Labute approximate surface area is 122 Å². The van der Waals surface area contributed by atoms with E-state index in [1.165, 1.54) is 0 Å². The highest BCUT2D eigenvalue weighted by Crippen LogP contribution is 2.18. The van der Waals surface area contributed by atoms with Gasteiger partial charge in [-0.2, -0.15) is 5.10 Å². The van der Waals surface area contributed by atoms with Crippen molar-refractivity contribution in [1.29, 1.82) is 0 Å². The molecule has 0 atom stereocenters. The van der Waals surface area contributed by atoms with Crippen molar-refractivity contribution in [3.8, 4) is 0 Å². The van der Waals surface area contributed by atoms with Crippen LogP contribution in [0.25, 0.3) is 21.9 Å². The van der Waals surface area contributed by atoms with Gasteiger partial charge >= 0.3 is 0 Å². The Bertz CT molecular complexity index is 846. The Morgan fingerprint density at radius 1 is 1.19 bits per heavy atom. The predicted octanol–water partition coefficient (Wildman–Crippen LogP) is 2.21. The van der Waals surface area contributed by atoms with Crippen molar-refractivity contribution in [2.24, 2.45) is 5.92 Å². The molecule has 3 rings (SSSR count). The van der Waals surface area contributed by atoms with Crippen LogP contribution in [0.15, 0.2) is 23.5 Å². The fraction of sp³-hybridized carbons (Fsp3) is 0.467. The van der Waals surface area contributed by atoms with E-state index in [4.69, 9.17) is 0 Å². The zero-order valence-corrected chi connectivity index (χ0v) is 12.6. The van der Waals surface area contributed by atoms with Gasteiger partial charge in [-0.3, -0.25) is 9.36 Å². The highest BCUT2D eigenvalue weighted by Gasteiger charge is 2.12. The summed E-state index contributed by atoms with van der Waals surface area (Å²) < 4.78 is 3.47. The summed E-state index contributed by atoms with van der Waals surface area (Å²) in [5.41, 5.74) is 1.43. The van der Waals surface area contributed by atoms with Crippen molar-refractivity contribution in [2.75, 3.05) is 0 Å². The second-order valence-corrected chi connectivity index (χ2v) is 5.64. The molecule has 0 saturated carbocycles. The Morgan fingerprint density at radius 3 is 2.71 bits per heavy atom. The average Bonchev–Trinajstić information content (AvgIpc) is 2.89. The molecule has 21 heavy (non-hydrogen) atoms. The summed E-state index contributed by atoms with van der Waals surface area (Å²) in [6.07, 6.45) is 5.94. The third-order valence-corrected chi connectivity index (χ3v) is 3.70. The molecule has 3 aromatic heterocycles. The van der Waals surface area contributed by atoms with Crippen molar-refractivity contribution in [3.63, 3.8) is 0 Å². The van der Waals surface area contributed by atoms with E-state index in [1.807, 2.05) is 6.92 Å². The van der Waals surface area contributed by atoms with Crippen molar-refractivity contribution < 1.29 is 0 Å². The number of hydrogen-bond acceptors (Lipinski definition) is 4. The molecule has 0 saturated heterocycles. The maximum Gasteiger partial charge on any atom is 0.262 e. The van der Waals surface area contributed by atoms with Crippen molar-refractivity contribution in [1.82, 2.24) is 24.3 Å². The van der Waals surface area contributed by atoms with Crippen molar-refractivity contribution in [3.05, 3.63) is 29.1 Å². The molecule has 0 aromatic carbocycles. The molecule has 0 N–H and O–H groups in total. The van der Waals surface area contributed by atoms with Crippen LogP contribution < -0.4 is 5.56 Å². The number of pyridine rings is 1. The van der Waals surface area contributed by atoms with E-state index in [-0.39, 0.29) is 5.56 Å². The van der Waals surface area contributed by atoms with Gasteiger partial charge in [0.2, 0.25) is 0 Å². The van der Waals surface area contributed by atoms with Gasteiger partial charge in [0.25, 0.3) is 5.56 Å². The molecule has 0 bridgehead atoms. The van der Waals surface area contributed by atoms with Crippen LogP contribution in [0.4, 0.5) is 0 Å². The maximum absolute atomic E-state index is 12.5. The molecule has 3 aromatic rings. The summed E-state index contributed by atoms with van der Waals surface area (Å²) in [6.45, 7) is 7.72. The monoisotopic (exact) mass is 285 g/mol. The van der Waals surface area contributed by atoms with Crippen LogP contribution in [-0.2, 0) is 13.1 Å². The molecular weight excluding hydrogens is 266 g/mol. The second-order valence-electron chi connectivity index (χ2n) is 5.64. The molecular formula is C15H19N5O. The van der Waals surface area contributed by atoms with Crippen LogP contribution in [0.3, 0.4) is 0 Å². The Balaban J connectivity index is 2.16. The fourth-order valence-corrected chi connectivity index (χ4v) is 2.43. The van der Waals surface area contributed by atoms with Gasteiger partial charge in [0.15, 0.2) is 5.65 Å². The largest absolute Gasteiger partial charge is 0.299 e. The predicted molar refractivity (Wildman–Crippen MR) is 82.2 cm³/mol. The van der Waals surface area contributed by atoms with Gasteiger partial charge in [0.05, 0.1) is 28.8 Å². The molecule has 0 aliphatic carbocycles. The lowest BCUT2D eigenvalue weighted by Crippen LogP contribution is -2.21. The summed E-state index contributed by atoms with van der Waals surface area (Å²) in [5, 5.41) is 5.68. The molecule has 0 fully saturated rings. The number of hydrogen-bond donors (Lipinski definition) is 0. The van der Waals surface area contributed by atoms with Gasteiger partial charge in [-0.05, 0) is 19.3 Å². The van der Waals surface area contributed by atoms with Crippen molar-refractivity contribution >= 4 is 21.9 Å². The second kappa shape index (κ2) is 5.27. The van der Waals surface area contributed by atoms with Crippen LogP contribution in [0.1, 0.15) is 27.2 Å². The molecule has 3 heterocycles. The molecule has 110 valence electrons. The number of nitrogens with zero attached hydrogens (tertiary/aromatic N) is 5. The van der Waals surface area contributed by atoms with Crippen LogP contribution >= 0.6 is 0 Å². The molecule has 0 aliphatic rings. The minimum absolute atomic E-state index is 0.0284. The fourth-order valence-electron chi connectivity index (χ4n) is 2.43. The van der Waals surface area contributed by atoms with E-state index in [1.54, 1.807) is 28.0 Å². The summed E-state index contributed by atoms with van der Waals surface area (Å²) in [4.78, 5) is 21.4. The van der Waals surface area contributed by atoms with Crippen molar-refractivity contribution in [2.45, 2.75) is 40.3 Å². The number of aryl methyl sites for hydroxylation is 2. The number of fused-ring (bicyclic) bond motifs is 3. The lowest BCUT2D eigenvalue weighted by atomic mass is 10.1. The lowest BCUT2D eigenvalue weighted by Gasteiger charge is -2.08. The van der Waals surface area contributed by atoms with E-state index < -0.39 is 0 Å². The molecule has 0 radical (unpaired) electrons. The zero-order chi connectivity index (χ0) is 15.0. The van der Waals surface area contributed by atoms with Crippen LogP contribution in [0, 0.1) is 5.92 Å². The van der Waals surface area contributed by atoms with E-state index in [2.05, 4.69) is 28.9 Å². The average molecular weight is 285 g/mol. The van der Waals surface area contributed by atoms with E-state index >= 15 is 0 Å². The van der Waals surface area contributed by atoms with E-state index in [9.17, 15) is 4.79 Å². The van der Waals surface area contributed by atoms with Gasteiger partial charge in [-0.25, -0.2) is 14.6 Å². The number of rotatable bonds is 4. The van der Waals surface area contributed by atoms with Crippen LogP contribution in [0.2, 0.25) is 0 Å². The SMILES string of the molecule is CCn1ncc2c3ncn(CCC(C)C)c(=O)c3cnc21. The Kier molecular flexibility index (Phi) is 3.45. The number of aromatic nitrogens is 5. The first-order valence-electron chi connectivity index (χ1n) is 7.31. The first-order valence-corrected chi connectivity index (χ1v) is 7.31. The molecule has 0 amide bonds. The van der Waals surface area contributed by atoms with Crippen LogP contribution in [-0.4, -0.2) is 24.3 Å². The van der Waals surface area contributed by atoms with Crippen LogP contribution in [0.5, 0.6) is 0 Å². The smallest absolute Gasteiger partial charge is 0.262 e. The Morgan fingerprint density at radius 2 is 2.00 bits per heavy atom. The minimum Gasteiger partial charge on any atom is -0.299 e. The summed E-state index contributed by atoms with van der Waals surface area (Å²) in [7, 11) is 0. The highest BCUT2D eigenvalue weighted by molar-refractivity contribution is 6.00. The summed E-state index contributed by atoms with van der Waals surface area (Å²) in [6, 6.07) is 0. The third-order valence-electron chi connectivity index (χ3n) is 3.70. The summed E-state index contributed by atoms with van der Waals surface area (Å²) >= 11 is 0. The van der Waals surface area contributed by atoms with Gasteiger partial charge in [0, 0.05) is 19.3 Å². The lowest BCUT2D eigenvalue weighted by molar-refractivity contribution is 0.506. The molecule has 0 spiro atoms. The quantitative estimate of drug-likeness (QED) is 0.737.